The van der Waals surface area contributed by atoms with Crippen molar-refractivity contribution in [1.29, 1.82) is 0 Å². The van der Waals surface area contributed by atoms with Gasteiger partial charge >= 0.3 is 0 Å². The van der Waals surface area contributed by atoms with Crippen LogP contribution in [0.15, 0.2) is 42.5 Å². The van der Waals surface area contributed by atoms with Crippen LogP contribution >= 0.6 is 0 Å². The molecule has 162 valence electrons. The number of methoxy groups -OCH3 is 1. The summed E-state index contributed by atoms with van der Waals surface area (Å²) in [7, 11) is 1.80. The van der Waals surface area contributed by atoms with E-state index in [0.717, 1.165) is 44.6 Å². The summed E-state index contributed by atoms with van der Waals surface area (Å²) in [5, 5.41) is 0. The summed E-state index contributed by atoms with van der Waals surface area (Å²) in [6, 6.07) is 16.0. The van der Waals surface area contributed by atoms with Crippen LogP contribution in [-0.4, -0.2) is 37.7 Å². The number of benzene rings is 2. The highest BCUT2D eigenvalue weighted by atomic mass is 16.5. The normalized spacial score (nSPS) is 20.6. The molecule has 0 radical (unpaired) electrons. The lowest BCUT2D eigenvalue weighted by atomic mass is 9.86. The SMILES string of the molecule is CCCN(CCCOC1CCCc2ccccc21)C1CCc2cccc(OC)c2C1. The molecule has 2 aromatic carbocycles. The highest BCUT2D eigenvalue weighted by molar-refractivity contribution is 5.42. The molecule has 0 N–H and O–H groups in total. The van der Waals surface area contributed by atoms with Crippen LogP contribution in [0.3, 0.4) is 0 Å². The minimum atomic E-state index is 0.292. The summed E-state index contributed by atoms with van der Waals surface area (Å²) in [5.41, 5.74) is 5.80. The van der Waals surface area contributed by atoms with Crippen LogP contribution in [0.2, 0.25) is 0 Å². The lowest BCUT2D eigenvalue weighted by Crippen LogP contribution is -2.41. The molecule has 0 spiro atoms. The Morgan fingerprint density at radius 1 is 0.967 bits per heavy atom. The molecule has 0 fully saturated rings. The van der Waals surface area contributed by atoms with Crippen molar-refractivity contribution in [3.63, 3.8) is 0 Å². The molecule has 0 aromatic heterocycles. The first kappa shape index (κ1) is 21.4. The van der Waals surface area contributed by atoms with Crippen molar-refractivity contribution in [2.75, 3.05) is 26.8 Å². The summed E-state index contributed by atoms with van der Waals surface area (Å²) in [4.78, 5) is 2.70. The Balaban J connectivity index is 1.32. The van der Waals surface area contributed by atoms with E-state index in [4.69, 9.17) is 9.47 Å². The minimum Gasteiger partial charge on any atom is -0.496 e. The van der Waals surface area contributed by atoms with E-state index in [2.05, 4.69) is 54.3 Å². The second kappa shape index (κ2) is 10.5. The van der Waals surface area contributed by atoms with E-state index in [9.17, 15) is 0 Å². The molecule has 0 bridgehead atoms. The molecule has 30 heavy (non-hydrogen) atoms. The van der Waals surface area contributed by atoms with E-state index in [1.54, 1.807) is 7.11 Å². The molecule has 0 aliphatic heterocycles. The van der Waals surface area contributed by atoms with Crippen LogP contribution < -0.4 is 4.74 Å². The Labute approximate surface area is 182 Å². The van der Waals surface area contributed by atoms with Crippen molar-refractivity contribution in [3.8, 4) is 5.75 Å². The van der Waals surface area contributed by atoms with Gasteiger partial charge in [-0.25, -0.2) is 0 Å². The lowest BCUT2D eigenvalue weighted by Gasteiger charge is -2.36. The van der Waals surface area contributed by atoms with Gasteiger partial charge in [-0.15, -0.1) is 0 Å². The van der Waals surface area contributed by atoms with Gasteiger partial charge in [0, 0.05) is 19.2 Å². The Kier molecular flexibility index (Phi) is 7.46. The predicted molar refractivity (Wildman–Crippen MR) is 123 cm³/mol. The van der Waals surface area contributed by atoms with Gasteiger partial charge in [0.1, 0.15) is 5.75 Å². The van der Waals surface area contributed by atoms with Gasteiger partial charge < -0.3 is 9.47 Å². The molecule has 3 heteroatoms. The number of hydrogen-bond donors (Lipinski definition) is 0. The number of aryl methyl sites for hydroxylation is 2. The molecule has 3 nitrogen and oxygen atoms in total. The lowest BCUT2D eigenvalue weighted by molar-refractivity contribution is 0.0320. The molecule has 0 heterocycles. The summed E-state index contributed by atoms with van der Waals surface area (Å²) in [6.45, 7) is 5.43. The van der Waals surface area contributed by atoms with Crippen LogP contribution in [0.1, 0.15) is 67.4 Å². The molecule has 0 saturated heterocycles. The maximum absolute atomic E-state index is 6.37. The third-order valence-electron chi connectivity index (χ3n) is 6.89. The van der Waals surface area contributed by atoms with Crippen LogP contribution in [0.5, 0.6) is 5.75 Å². The van der Waals surface area contributed by atoms with Crippen LogP contribution in [-0.2, 0) is 24.0 Å². The summed E-state index contributed by atoms with van der Waals surface area (Å²) >= 11 is 0. The fourth-order valence-electron chi connectivity index (χ4n) is 5.38. The van der Waals surface area contributed by atoms with Crippen LogP contribution in [0, 0.1) is 0 Å². The first-order valence-corrected chi connectivity index (χ1v) is 11.9. The zero-order valence-electron chi connectivity index (χ0n) is 18.7. The zero-order chi connectivity index (χ0) is 20.8. The highest BCUT2D eigenvalue weighted by Crippen LogP contribution is 2.33. The van der Waals surface area contributed by atoms with Crippen molar-refractivity contribution < 1.29 is 9.47 Å². The fourth-order valence-corrected chi connectivity index (χ4v) is 5.38. The van der Waals surface area contributed by atoms with E-state index in [0.29, 0.717) is 12.1 Å². The maximum Gasteiger partial charge on any atom is 0.122 e. The minimum absolute atomic E-state index is 0.292. The Bertz CT molecular complexity index is 804. The molecule has 2 unspecified atom stereocenters. The molecule has 0 amide bonds. The largest absolute Gasteiger partial charge is 0.496 e. The van der Waals surface area contributed by atoms with Crippen LogP contribution in [0.25, 0.3) is 0 Å². The third-order valence-corrected chi connectivity index (χ3v) is 6.89. The Morgan fingerprint density at radius 3 is 2.70 bits per heavy atom. The van der Waals surface area contributed by atoms with Crippen molar-refractivity contribution >= 4 is 0 Å². The second-order valence-electron chi connectivity index (χ2n) is 8.83. The van der Waals surface area contributed by atoms with Crippen molar-refractivity contribution in [2.24, 2.45) is 0 Å². The molecule has 2 atom stereocenters. The number of hydrogen-bond acceptors (Lipinski definition) is 3. The van der Waals surface area contributed by atoms with E-state index < -0.39 is 0 Å². The molecule has 4 rings (SSSR count). The number of fused-ring (bicyclic) bond motifs is 2. The second-order valence-corrected chi connectivity index (χ2v) is 8.83. The number of rotatable bonds is 9. The third kappa shape index (κ3) is 4.90. The molecule has 0 saturated carbocycles. The average molecular weight is 408 g/mol. The Morgan fingerprint density at radius 2 is 1.83 bits per heavy atom. The van der Waals surface area contributed by atoms with Gasteiger partial charge in [0.05, 0.1) is 13.2 Å². The first-order chi connectivity index (χ1) is 14.8. The number of nitrogens with zero attached hydrogens (tertiary/aromatic N) is 1. The molecular weight excluding hydrogens is 370 g/mol. The highest BCUT2D eigenvalue weighted by Gasteiger charge is 2.26. The van der Waals surface area contributed by atoms with Crippen molar-refractivity contribution in [2.45, 2.75) is 70.4 Å². The van der Waals surface area contributed by atoms with Gasteiger partial charge in [0.15, 0.2) is 0 Å². The van der Waals surface area contributed by atoms with Gasteiger partial charge in [0.25, 0.3) is 0 Å². The summed E-state index contributed by atoms with van der Waals surface area (Å²) in [6.07, 6.45) is 9.72. The molecule has 2 aliphatic rings. The molecule has 2 aromatic rings. The molecule has 2 aliphatic carbocycles. The van der Waals surface area contributed by atoms with E-state index in [1.165, 1.54) is 54.5 Å². The topological polar surface area (TPSA) is 21.7 Å². The maximum atomic E-state index is 6.37. The summed E-state index contributed by atoms with van der Waals surface area (Å²) in [5.74, 6) is 1.06. The van der Waals surface area contributed by atoms with Gasteiger partial charge in [-0.1, -0.05) is 43.3 Å². The zero-order valence-corrected chi connectivity index (χ0v) is 18.7. The van der Waals surface area contributed by atoms with Gasteiger partial charge in [-0.2, -0.15) is 0 Å². The van der Waals surface area contributed by atoms with Crippen LogP contribution in [0.4, 0.5) is 0 Å². The predicted octanol–water partition coefficient (Wildman–Crippen LogP) is 5.75. The quantitative estimate of drug-likeness (QED) is 0.494. The first-order valence-electron chi connectivity index (χ1n) is 11.9. The monoisotopic (exact) mass is 407 g/mol. The molecular formula is C27H37NO2. The van der Waals surface area contributed by atoms with Gasteiger partial charge in [0.2, 0.25) is 0 Å². The fraction of sp³-hybridized carbons (Fsp3) is 0.556. The average Bonchev–Trinajstić information content (AvgIpc) is 2.80. The summed E-state index contributed by atoms with van der Waals surface area (Å²) < 4.78 is 12.0. The smallest absolute Gasteiger partial charge is 0.122 e. The van der Waals surface area contributed by atoms with Gasteiger partial charge in [-0.3, -0.25) is 4.90 Å². The standard InChI is InChI=1S/C27H37NO2/c1-3-17-28(23-16-15-22-11-6-13-26(29-2)25(22)20-23)18-8-19-30-27-14-7-10-21-9-4-5-12-24(21)27/h4-6,9,11-13,23,27H,3,7-8,10,14-20H2,1-2H3. The number of ether oxygens (including phenoxy) is 2. The van der Waals surface area contributed by atoms with Gasteiger partial charge in [-0.05, 0) is 86.2 Å². The Hall–Kier alpha value is -1.84. The van der Waals surface area contributed by atoms with E-state index in [-0.39, 0.29) is 0 Å². The van der Waals surface area contributed by atoms with Crippen molar-refractivity contribution in [3.05, 3.63) is 64.7 Å². The van der Waals surface area contributed by atoms with E-state index in [1.807, 2.05) is 0 Å². The van der Waals surface area contributed by atoms with Crippen molar-refractivity contribution in [1.82, 2.24) is 4.90 Å². The van der Waals surface area contributed by atoms with E-state index >= 15 is 0 Å².